The summed E-state index contributed by atoms with van der Waals surface area (Å²) >= 11 is 0. The molecule has 1 aliphatic rings. The number of methoxy groups -OCH3 is 1. The number of H-pyrrole nitrogens is 2. The van der Waals surface area contributed by atoms with Crippen LogP contribution in [0.5, 0.6) is 5.75 Å². The highest BCUT2D eigenvalue weighted by atomic mass is 16.5. The van der Waals surface area contributed by atoms with Crippen LogP contribution in [0, 0.1) is 6.92 Å². The van der Waals surface area contributed by atoms with Crippen molar-refractivity contribution < 1.29 is 4.74 Å². The van der Waals surface area contributed by atoms with Crippen LogP contribution in [-0.2, 0) is 13.0 Å². The summed E-state index contributed by atoms with van der Waals surface area (Å²) in [5, 5.41) is 1.34. The number of aromatic amines is 2. The van der Waals surface area contributed by atoms with Gasteiger partial charge in [0.15, 0.2) is 0 Å². The van der Waals surface area contributed by atoms with Crippen molar-refractivity contribution in [3.63, 3.8) is 0 Å². The Kier molecular flexibility index (Phi) is 4.17. The Balaban J connectivity index is 1.64. The molecule has 1 aliphatic heterocycles. The first-order valence-corrected chi connectivity index (χ1v) is 9.71. The second-order valence-corrected chi connectivity index (χ2v) is 7.45. The summed E-state index contributed by atoms with van der Waals surface area (Å²) in [6, 6.07) is 15.3. The van der Waals surface area contributed by atoms with Gasteiger partial charge < -0.3 is 14.7 Å². The van der Waals surface area contributed by atoms with E-state index in [2.05, 4.69) is 69.2 Å². The fourth-order valence-corrected chi connectivity index (χ4v) is 4.49. The third-order valence-electron chi connectivity index (χ3n) is 5.78. The van der Waals surface area contributed by atoms with E-state index >= 15 is 0 Å². The first-order chi connectivity index (χ1) is 13.7. The average Bonchev–Trinajstić information content (AvgIpc) is 3.35. The van der Waals surface area contributed by atoms with E-state index in [4.69, 9.17) is 4.74 Å². The number of rotatable bonds is 4. The van der Waals surface area contributed by atoms with Gasteiger partial charge >= 0.3 is 0 Å². The van der Waals surface area contributed by atoms with Crippen LogP contribution in [0.4, 0.5) is 0 Å². The maximum absolute atomic E-state index is 5.48. The normalized spacial score (nSPS) is 17.0. The van der Waals surface area contributed by atoms with Crippen molar-refractivity contribution >= 4 is 10.9 Å². The largest absolute Gasteiger partial charge is 0.496 e. The second kappa shape index (κ2) is 6.84. The molecule has 5 rings (SSSR count). The van der Waals surface area contributed by atoms with Gasteiger partial charge in [0.25, 0.3) is 0 Å². The van der Waals surface area contributed by atoms with Crippen molar-refractivity contribution in [2.75, 3.05) is 13.7 Å². The van der Waals surface area contributed by atoms with E-state index in [0.29, 0.717) is 0 Å². The minimum absolute atomic E-state index is 0.158. The summed E-state index contributed by atoms with van der Waals surface area (Å²) < 4.78 is 5.48. The molecular weight excluding hydrogens is 348 g/mol. The number of aromatic nitrogens is 3. The summed E-state index contributed by atoms with van der Waals surface area (Å²) in [4.78, 5) is 13.9. The number of benzene rings is 2. The lowest BCUT2D eigenvalue weighted by atomic mass is 9.91. The highest BCUT2D eigenvalue weighted by Crippen LogP contribution is 2.39. The van der Waals surface area contributed by atoms with Crippen molar-refractivity contribution in [1.29, 1.82) is 0 Å². The van der Waals surface area contributed by atoms with Gasteiger partial charge in [-0.25, -0.2) is 4.98 Å². The molecule has 0 saturated carbocycles. The Bertz CT molecular complexity index is 1110. The summed E-state index contributed by atoms with van der Waals surface area (Å²) in [5.41, 5.74) is 6.37. The molecule has 4 aromatic rings. The van der Waals surface area contributed by atoms with Gasteiger partial charge in [0.05, 0.1) is 19.7 Å². The molecule has 0 bridgehead atoms. The predicted molar refractivity (Wildman–Crippen MR) is 111 cm³/mol. The van der Waals surface area contributed by atoms with Crippen LogP contribution in [0.25, 0.3) is 10.9 Å². The molecule has 1 unspecified atom stereocenters. The zero-order valence-corrected chi connectivity index (χ0v) is 16.2. The molecule has 0 amide bonds. The molecule has 3 heterocycles. The van der Waals surface area contributed by atoms with E-state index in [-0.39, 0.29) is 6.04 Å². The maximum Gasteiger partial charge on any atom is 0.121 e. The third kappa shape index (κ3) is 2.79. The van der Waals surface area contributed by atoms with Gasteiger partial charge in [0, 0.05) is 35.5 Å². The van der Waals surface area contributed by atoms with Crippen LogP contribution in [-0.4, -0.2) is 33.5 Å². The number of aryl methyl sites for hydroxylation is 1. The fraction of sp³-hybridized carbons (Fsp3) is 0.261. The standard InChI is InChI=1S/C23H24N4O/c1-15-13-16(7-8-20(15)28-2)23-22-18(17-5-3-4-6-19(17)26-22)9-12-27(23)14-21-24-10-11-25-21/h3-8,10-11,13,23,26H,9,12,14H2,1-2H3,(H,24,25). The lowest BCUT2D eigenvalue weighted by Crippen LogP contribution is -2.36. The van der Waals surface area contributed by atoms with Crippen molar-refractivity contribution in [3.05, 3.63) is 83.1 Å². The van der Waals surface area contributed by atoms with Crippen LogP contribution in [0.3, 0.4) is 0 Å². The van der Waals surface area contributed by atoms with E-state index in [9.17, 15) is 0 Å². The lowest BCUT2D eigenvalue weighted by molar-refractivity contribution is 0.197. The molecule has 0 spiro atoms. The zero-order chi connectivity index (χ0) is 19.1. The molecule has 0 fully saturated rings. The number of fused-ring (bicyclic) bond motifs is 3. The molecule has 2 aromatic carbocycles. The van der Waals surface area contributed by atoms with E-state index in [1.54, 1.807) is 7.11 Å². The highest BCUT2D eigenvalue weighted by molar-refractivity contribution is 5.85. The Hall–Kier alpha value is -3.05. The first kappa shape index (κ1) is 17.1. The number of imidazole rings is 1. The summed E-state index contributed by atoms with van der Waals surface area (Å²) in [7, 11) is 1.72. The smallest absolute Gasteiger partial charge is 0.121 e. The molecule has 5 nitrogen and oxygen atoms in total. The molecule has 5 heteroatoms. The molecule has 1 atom stereocenters. The van der Waals surface area contributed by atoms with Gasteiger partial charge in [-0.15, -0.1) is 0 Å². The predicted octanol–water partition coefficient (Wildman–Crippen LogP) is 4.36. The highest BCUT2D eigenvalue weighted by Gasteiger charge is 2.32. The third-order valence-corrected chi connectivity index (χ3v) is 5.78. The van der Waals surface area contributed by atoms with Gasteiger partial charge in [0.2, 0.25) is 0 Å². The number of ether oxygens (including phenoxy) is 1. The van der Waals surface area contributed by atoms with E-state index in [1.165, 1.54) is 27.7 Å². The van der Waals surface area contributed by atoms with Crippen molar-refractivity contribution in [3.8, 4) is 5.75 Å². The van der Waals surface area contributed by atoms with Gasteiger partial charge in [-0.2, -0.15) is 0 Å². The Labute approximate surface area is 164 Å². The summed E-state index contributed by atoms with van der Waals surface area (Å²) in [5.74, 6) is 1.92. The van der Waals surface area contributed by atoms with Crippen molar-refractivity contribution in [2.45, 2.75) is 25.9 Å². The fourth-order valence-electron chi connectivity index (χ4n) is 4.49. The molecule has 28 heavy (non-hydrogen) atoms. The number of hydrogen-bond acceptors (Lipinski definition) is 3. The van der Waals surface area contributed by atoms with Crippen LogP contribution in [0.2, 0.25) is 0 Å². The van der Waals surface area contributed by atoms with Crippen molar-refractivity contribution in [2.24, 2.45) is 0 Å². The Morgan fingerprint density at radius 2 is 2.11 bits per heavy atom. The molecule has 142 valence electrons. The zero-order valence-electron chi connectivity index (χ0n) is 16.2. The maximum atomic E-state index is 5.48. The molecule has 0 radical (unpaired) electrons. The van der Waals surface area contributed by atoms with E-state index in [0.717, 1.165) is 36.6 Å². The number of nitrogens with one attached hydrogen (secondary N) is 2. The summed E-state index contributed by atoms with van der Waals surface area (Å²) in [6.45, 7) is 3.89. The minimum atomic E-state index is 0.158. The average molecular weight is 372 g/mol. The molecular formula is C23H24N4O. The topological polar surface area (TPSA) is 56.9 Å². The summed E-state index contributed by atoms with van der Waals surface area (Å²) in [6.07, 6.45) is 4.74. The first-order valence-electron chi connectivity index (χ1n) is 9.71. The molecule has 2 N–H and O–H groups in total. The number of nitrogens with zero attached hydrogens (tertiary/aromatic N) is 2. The van der Waals surface area contributed by atoms with E-state index in [1.807, 2.05) is 12.4 Å². The molecule has 0 aliphatic carbocycles. The monoisotopic (exact) mass is 372 g/mol. The van der Waals surface area contributed by atoms with Crippen LogP contribution < -0.4 is 4.74 Å². The number of hydrogen-bond donors (Lipinski definition) is 2. The van der Waals surface area contributed by atoms with Crippen LogP contribution in [0.15, 0.2) is 54.9 Å². The van der Waals surface area contributed by atoms with Gasteiger partial charge in [-0.1, -0.05) is 30.3 Å². The Morgan fingerprint density at radius 3 is 2.89 bits per heavy atom. The lowest BCUT2D eigenvalue weighted by Gasteiger charge is -2.36. The SMILES string of the molecule is COc1ccc(C2c3[nH]c4ccccc4c3CCN2Cc2ncc[nH]2)cc1C. The minimum Gasteiger partial charge on any atom is -0.496 e. The molecule has 2 aromatic heterocycles. The van der Waals surface area contributed by atoms with Gasteiger partial charge in [-0.05, 0) is 42.2 Å². The van der Waals surface area contributed by atoms with Crippen LogP contribution in [0.1, 0.15) is 34.3 Å². The van der Waals surface area contributed by atoms with Gasteiger partial charge in [0.1, 0.15) is 11.6 Å². The quantitative estimate of drug-likeness (QED) is 0.560. The second-order valence-electron chi connectivity index (χ2n) is 7.45. The van der Waals surface area contributed by atoms with Crippen LogP contribution >= 0.6 is 0 Å². The number of para-hydroxylation sites is 1. The van der Waals surface area contributed by atoms with Crippen molar-refractivity contribution in [1.82, 2.24) is 19.9 Å². The Morgan fingerprint density at radius 1 is 1.21 bits per heavy atom. The van der Waals surface area contributed by atoms with E-state index < -0.39 is 0 Å². The molecule has 0 saturated heterocycles. The van der Waals surface area contributed by atoms with Gasteiger partial charge in [-0.3, -0.25) is 4.90 Å².